The highest BCUT2D eigenvalue weighted by atomic mass is 16.5. The average molecular weight is 350 g/mol. The lowest BCUT2D eigenvalue weighted by atomic mass is 10.2. The monoisotopic (exact) mass is 350 g/mol. The zero-order chi connectivity index (χ0) is 18.5. The van der Waals surface area contributed by atoms with Crippen LogP contribution in [0.25, 0.3) is 0 Å². The first-order valence-electron chi connectivity index (χ1n) is 8.28. The molecular weight excluding hydrogens is 324 g/mol. The Hall–Kier alpha value is -2.64. The normalized spacial score (nSPS) is 10.0. The number of nitrogens with one attached hydrogen (secondary N) is 3. The Morgan fingerprint density at radius 2 is 1.88 bits per heavy atom. The van der Waals surface area contributed by atoms with Crippen LogP contribution in [0.2, 0.25) is 0 Å². The molecule has 0 aromatic carbocycles. The van der Waals surface area contributed by atoms with Gasteiger partial charge >= 0.3 is 5.97 Å². The van der Waals surface area contributed by atoms with Gasteiger partial charge in [0.1, 0.15) is 5.82 Å². The molecule has 0 aliphatic heterocycles. The fourth-order valence-electron chi connectivity index (χ4n) is 2.00. The fraction of sp³-hybridized carbons (Fsp3) is 0.529. The minimum absolute atomic E-state index is 0.0918. The van der Waals surface area contributed by atoms with Gasteiger partial charge in [0.05, 0.1) is 20.1 Å². The van der Waals surface area contributed by atoms with Gasteiger partial charge in [-0.25, -0.2) is 4.98 Å². The molecular formula is C17H26N4O4. The van der Waals surface area contributed by atoms with E-state index in [-0.39, 0.29) is 37.3 Å². The second-order valence-electron chi connectivity index (χ2n) is 5.56. The van der Waals surface area contributed by atoms with E-state index in [0.717, 1.165) is 24.3 Å². The topological polar surface area (TPSA) is 109 Å². The van der Waals surface area contributed by atoms with Crippen molar-refractivity contribution in [1.82, 2.24) is 15.6 Å². The summed E-state index contributed by atoms with van der Waals surface area (Å²) in [6, 6.07) is 3.90. The number of aromatic nitrogens is 1. The van der Waals surface area contributed by atoms with Crippen LogP contribution < -0.4 is 16.0 Å². The van der Waals surface area contributed by atoms with Crippen LogP contribution in [0.4, 0.5) is 5.82 Å². The molecule has 25 heavy (non-hydrogen) atoms. The number of pyridine rings is 1. The summed E-state index contributed by atoms with van der Waals surface area (Å²) in [6.45, 7) is 2.84. The number of nitrogens with zero attached hydrogens (tertiary/aromatic N) is 1. The number of anilines is 1. The first-order chi connectivity index (χ1) is 12.0. The molecule has 138 valence electrons. The van der Waals surface area contributed by atoms with E-state index in [4.69, 9.17) is 0 Å². The summed E-state index contributed by atoms with van der Waals surface area (Å²) in [7, 11) is 1.29. The lowest BCUT2D eigenvalue weighted by molar-refractivity contribution is -0.140. The summed E-state index contributed by atoms with van der Waals surface area (Å²) < 4.78 is 4.46. The minimum atomic E-state index is -0.390. The molecule has 0 aliphatic rings. The third-order valence-corrected chi connectivity index (χ3v) is 3.38. The maximum absolute atomic E-state index is 11.7. The molecule has 1 heterocycles. The van der Waals surface area contributed by atoms with Gasteiger partial charge in [0.15, 0.2) is 0 Å². The molecule has 1 aromatic heterocycles. The van der Waals surface area contributed by atoms with Gasteiger partial charge in [0.25, 0.3) is 0 Å². The zero-order valence-corrected chi connectivity index (χ0v) is 14.8. The molecule has 0 saturated carbocycles. The molecule has 0 aliphatic carbocycles. The molecule has 3 N–H and O–H groups in total. The maximum Gasteiger partial charge on any atom is 0.307 e. The predicted molar refractivity (Wildman–Crippen MR) is 94.0 cm³/mol. The lowest BCUT2D eigenvalue weighted by Gasteiger charge is -2.07. The number of unbranched alkanes of at least 4 members (excludes halogenated alkanes) is 1. The first kappa shape index (κ1) is 20.4. The van der Waals surface area contributed by atoms with Crippen molar-refractivity contribution in [3.63, 3.8) is 0 Å². The van der Waals surface area contributed by atoms with Gasteiger partial charge < -0.3 is 20.7 Å². The number of rotatable bonds is 11. The molecule has 1 aromatic rings. The quantitative estimate of drug-likeness (QED) is 0.402. The standard InChI is InChI=1S/C17H26N4O4/c1-13-6-9-19-14(11-13)18-8-4-3-5-15(22)21-12-16(23)20-10-7-17(24)25-2/h6,9,11H,3-5,7-8,10,12H2,1-2H3,(H,18,19)(H,20,23)(H,21,22). The van der Waals surface area contributed by atoms with Gasteiger partial charge in [-0.1, -0.05) is 0 Å². The minimum Gasteiger partial charge on any atom is -0.469 e. The van der Waals surface area contributed by atoms with E-state index in [1.807, 2.05) is 19.1 Å². The van der Waals surface area contributed by atoms with Crippen LogP contribution >= 0.6 is 0 Å². The number of methoxy groups -OCH3 is 1. The Labute approximate surface area is 147 Å². The van der Waals surface area contributed by atoms with E-state index in [2.05, 4.69) is 25.7 Å². The Balaban J connectivity index is 2.03. The van der Waals surface area contributed by atoms with Gasteiger partial charge in [-0.3, -0.25) is 14.4 Å². The van der Waals surface area contributed by atoms with Crippen molar-refractivity contribution in [2.75, 3.05) is 32.1 Å². The highest BCUT2D eigenvalue weighted by Crippen LogP contribution is 2.05. The van der Waals surface area contributed by atoms with Gasteiger partial charge in [0.2, 0.25) is 11.8 Å². The lowest BCUT2D eigenvalue weighted by Crippen LogP contribution is -2.37. The number of carbonyl (C=O) groups excluding carboxylic acids is 3. The Bertz CT molecular complexity index is 578. The van der Waals surface area contributed by atoms with E-state index >= 15 is 0 Å². The van der Waals surface area contributed by atoms with E-state index in [9.17, 15) is 14.4 Å². The van der Waals surface area contributed by atoms with Crippen molar-refractivity contribution in [2.45, 2.75) is 32.6 Å². The van der Waals surface area contributed by atoms with E-state index < -0.39 is 0 Å². The van der Waals surface area contributed by atoms with Crippen molar-refractivity contribution in [2.24, 2.45) is 0 Å². The molecule has 1 rings (SSSR count). The largest absolute Gasteiger partial charge is 0.469 e. The molecule has 0 saturated heterocycles. The Kier molecular flexibility index (Phi) is 9.65. The molecule has 8 nitrogen and oxygen atoms in total. The Morgan fingerprint density at radius 3 is 2.60 bits per heavy atom. The van der Waals surface area contributed by atoms with Crippen molar-refractivity contribution >= 4 is 23.6 Å². The Morgan fingerprint density at radius 1 is 1.08 bits per heavy atom. The van der Waals surface area contributed by atoms with Crippen molar-refractivity contribution in [1.29, 1.82) is 0 Å². The molecule has 0 fully saturated rings. The molecule has 8 heteroatoms. The van der Waals surface area contributed by atoms with Crippen LogP contribution in [0.5, 0.6) is 0 Å². The summed E-state index contributed by atoms with van der Waals surface area (Å²) in [4.78, 5) is 38.2. The van der Waals surface area contributed by atoms with Crippen molar-refractivity contribution < 1.29 is 19.1 Å². The second kappa shape index (κ2) is 11.8. The summed E-state index contributed by atoms with van der Waals surface area (Å²) >= 11 is 0. The molecule has 2 amide bonds. The summed E-state index contributed by atoms with van der Waals surface area (Å²) in [5.41, 5.74) is 1.14. The summed E-state index contributed by atoms with van der Waals surface area (Å²) in [5.74, 6) is -0.0619. The number of hydrogen-bond donors (Lipinski definition) is 3. The second-order valence-corrected chi connectivity index (χ2v) is 5.56. The first-order valence-corrected chi connectivity index (χ1v) is 8.28. The third kappa shape index (κ3) is 9.95. The van der Waals surface area contributed by atoms with E-state index in [1.165, 1.54) is 7.11 Å². The van der Waals surface area contributed by atoms with Crippen LogP contribution in [0.15, 0.2) is 18.3 Å². The van der Waals surface area contributed by atoms with Gasteiger partial charge in [-0.05, 0) is 37.5 Å². The number of aryl methyl sites for hydroxylation is 1. The van der Waals surface area contributed by atoms with E-state index in [1.54, 1.807) is 6.20 Å². The molecule has 0 spiro atoms. The SMILES string of the molecule is COC(=O)CCNC(=O)CNC(=O)CCCCNc1cc(C)ccn1. The maximum atomic E-state index is 11.7. The highest BCUT2D eigenvalue weighted by Gasteiger charge is 2.06. The summed E-state index contributed by atoms with van der Waals surface area (Å²) in [6.07, 6.45) is 3.77. The summed E-state index contributed by atoms with van der Waals surface area (Å²) in [5, 5.41) is 8.28. The van der Waals surface area contributed by atoms with Crippen molar-refractivity contribution in [3.8, 4) is 0 Å². The molecule has 0 unspecified atom stereocenters. The number of amides is 2. The highest BCUT2D eigenvalue weighted by molar-refractivity contribution is 5.84. The van der Waals surface area contributed by atoms with Gasteiger partial charge in [0, 0.05) is 25.7 Å². The van der Waals surface area contributed by atoms with Gasteiger partial charge in [-0.15, -0.1) is 0 Å². The molecule has 0 radical (unpaired) electrons. The fourth-order valence-corrected chi connectivity index (χ4v) is 2.00. The van der Waals surface area contributed by atoms with Crippen LogP contribution in [0.3, 0.4) is 0 Å². The number of esters is 1. The zero-order valence-electron chi connectivity index (χ0n) is 14.8. The number of carbonyl (C=O) groups is 3. The van der Waals surface area contributed by atoms with Gasteiger partial charge in [-0.2, -0.15) is 0 Å². The smallest absolute Gasteiger partial charge is 0.307 e. The number of hydrogen-bond acceptors (Lipinski definition) is 6. The van der Waals surface area contributed by atoms with Crippen LogP contribution in [0, 0.1) is 6.92 Å². The third-order valence-electron chi connectivity index (χ3n) is 3.38. The van der Waals surface area contributed by atoms with E-state index in [0.29, 0.717) is 12.8 Å². The molecule has 0 bridgehead atoms. The van der Waals surface area contributed by atoms with Crippen molar-refractivity contribution in [3.05, 3.63) is 23.9 Å². The molecule has 0 atom stereocenters. The van der Waals surface area contributed by atoms with Crippen LogP contribution in [-0.4, -0.2) is 49.5 Å². The predicted octanol–water partition coefficient (Wildman–Crippen LogP) is 0.768. The average Bonchev–Trinajstić information content (AvgIpc) is 2.59. The number of ether oxygens (including phenoxy) is 1. The van der Waals surface area contributed by atoms with Crippen LogP contribution in [0.1, 0.15) is 31.2 Å². The van der Waals surface area contributed by atoms with Crippen LogP contribution in [-0.2, 0) is 19.1 Å².